The van der Waals surface area contributed by atoms with Gasteiger partial charge in [0.1, 0.15) is 0 Å². The minimum absolute atomic E-state index is 0.0350. The van der Waals surface area contributed by atoms with E-state index in [0.717, 1.165) is 28.3 Å². The molecular weight excluding hydrogens is 386 g/mol. The van der Waals surface area contributed by atoms with Crippen LogP contribution in [0.15, 0.2) is 36.4 Å². The van der Waals surface area contributed by atoms with Crippen molar-refractivity contribution in [3.05, 3.63) is 70.3 Å². The largest absolute Gasteiger partial charge is 0.349 e. The number of carbonyl (C=O) groups is 1. The fourth-order valence-corrected chi connectivity index (χ4v) is 4.74. The second kappa shape index (κ2) is 9.00. The molecule has 0 radical (unpaired) electrons. The van der Waals surface area contributed by atoms with Crippen molar-refractivity contribution in [1.29, 1.82) is 0 Å². The van der Waals surface area contributed by atoms with Gasteiger partial charge in [-0.05, 0) is 58.1 Å². The fourth-order valence-electron chi connectivity index (χ4n) is 4.74. The Labute approximate surface area is 184 Å². The maximum absolute atomic E-state index is 13.1. The lowest BCUT2D eigenvalue weighted by Gasteiger charge is -2.25. The van der Waals surface area contributed by atoms with Crippen molar-refractivity contribution in [3.8, 4) is 5.95 Å². The summed E-state index contributed by atoms with van der Waals surface area (Å²) in [6.07, 6.45) is 5.12. The summed E-state index contributed by atoms with van der Waals surface area (Å²) in [5.74, 6) is 1.09. The molecule has 1 aromatic carbocycles. The van der Waals surface area contributed by atoms with Crippen molar-refractivity contribution in [2.45, 2.75) is 65.8 Å². The van der Waals surface area contributed by atoms with Gasteiger partial charge < -0.3 is 5.32 Å². The molecule has 6 nitrogen and oxygen atoms in total. The van der Waals surface area contributed by atoms with Crippen LogP contribution < -0.4 is 5.32 Å². The van der Waals surface area contributed by atoms with Gasteiger partial charge in [0.15, 0.2) is 0 Å². The smallest absolute Gasteiger partial charge is 0.251 e. The van der Waals surface area contributed by atoms with Crippen molar-refractivity contribution in [1.82, 2.24) is 25.1 Å². The van der Waals surface area contributed by atoms with Crippen LogP contribution in [0.4, 0.5) is 0 Å². The van der Waals surface area contributed by atoms with E-state index in [0.29, 0.717) is 18.3 Å². The molecule has 2 heterocycles. The van der Waals surface area contributed by atoms with E-state index in [9.17, 15) is 4.79 Å². The second-order valence-electron chi connectivity index (χ2n) is 8.69. The molecular formula is C25H31N5O. The van der Waals surface area contributed by atoms with Crippen molar-refractivity contribution in [3.63, 3.8) is 0 Å². The van der Waals surface area contributed by atoms with Crippen molar-refractivity contribution < 1.29 is 4.79 Å². The van der Waals surface area contributed by atoms with Crippen LogP contribution in [-0.2, 0) is 11.2 Å². The SMILES string of the molecule is Cc1cc(C)nc(-n2nc(C)c(CC(=O)NC(c3ccccc3)C3CCCC3)c2C)n1. The third-order valence-corrected chi connectivity index (χ3v) is 6.28. The van der Waals surface area contributed by atoms with Gasteiger partial charge in [-0.15, -0.1) is 0 Å². The van der Waals surface area contributed by atoms with Gasteiger partial charge in [-0.3, -0.25) is 4.79 Å². The Morgan fingerprint density at radius 1 is 1.06 bits per heavy atom. The highest BCUT2D eigenvalue weighted by Gasteiger charge is 2.28. The molecule has 1 unspecified atom stereocenters. The molecule has 4 rings (SSSR count). The maximum Gasteiger partial charge on any atom is 0.251 e. The molecule has 162 valence electrons. The van der Waals surface area contributed by atoms with Crippen LogP contribution in [0.3, 0.4) is 0 Å². The summed E-state index contributed by atoms with van der Waals surface area (Å²) in [5, 5.41) is 7.98. The van der Waals surface area contributed by atoms with Gasteiger partial charge in [0, 0.05) is 22.6 Å². The van der Waals surface area contributed by atoms with E-state index in [-0.39, 0.29) is 11.9 Å². The molecule has 1 amide bonds. The summed E-state index contributed by atoms with van der Waals surface area (Å²) in [4.78, 5) is 22.2. The highest BCUT2D eigenvalue weighted by atomic mass is 16.1. The molecule has 2 aromatic heterocycles. The lowest BCUT2D eigenvalue weighted by Crippen LogP contribution is -2.34. The van der Waals surface area contributed by atoms with E-state index in [4.69, 9.17) is 0 Å². The quantitative estimate of drug-likeness (QED) is 0.641. The van der Waals surface area contributed by atoms with E-state index in [1.165, 1.54) is 31.2 Å². The van der Waals surface area contributed by atoms with Gasteiger partial charge in [-0.2, -0.15) is 5.10 Å². The minimum Gasteiger partial charge on any atom is -0.349 e. The summed E-state index contributed by atoms with van der Waals surface area (Å²) in [5.41, 5.74) is 5.68. The number of benzene rings is 1. The Morgan fingerprint density at radius 2 is 1.71 bits per heavy atom. The van der Waals surface area contributed by atoms with Crippen LogP contribution in [0.25, 0.3) is 5.95 Å². The molecule has 0 spiro atoms. The number of carbonyl (C=O) groups excluding carboxylic acids is 1. The van der Waals surface area contributed by atoms with E-state index < -0.39 is 0 Å². The number of nitrogens with one attached hydrogen (secondary N) is 1. The predicted molar refractivity (Wildman–Crippen MR) is 121 cm³/mol. The molecule has 1 atom stereocenters. The van der Waals surface area contributed by atoms with Crippen LogP contribution in [0.2, 0.25) is 0 Å². The average Bonchev–Trinajstić information content (AvgIpc) is 3.36. The van der Waals surface area contributed by atoms with Gasteiger partial charge in [-0.1, -0.05) is 43.2 Å². The first-order valence-corrected chi connectivity index (χ1v) is 11.1. The summed E-state index contributed by atoms with van der Waals surface area (Å²) in [6.45, 7) is 7.83. The molecule has 1 saturated carbocycles. The van der Waals surface area contributed by atoms with Gasteiger partial charge >= 0.3 is 0 Å². The Balaban J connectivity index is 1.56. The van der Waals surface area contributed by atoms with E-state index in [2.05, 4.69) is 32.5 Å². The molecule has 1 aliphatic carbocycles. The highest BCUT2D eigenvalue weighted by Crippen LogP contribution is 2.35. The zero-order chi connectivity index (χ0) is 22.0. The summed E-state index contributed by atoms with van der Waals surface area (Å²) < 4.78 is 1.75. The molecule has 1 N–H and O–H groups in total. The number of aromatic nitrogens is 4. The molecule has 1 aliphatic rings. The topological polar surface area (TPSA) is 72.7 Å². The van der Waals surface area contributed by atoms with Crippen molar-refractivity contribution >= 4 is 5.91 Å². The third kappa shape index (κ3) is 4.68. The van der Waals surface area contributed by atoms with Crippen LogP contribution >= 0.6 is 0 Å². The van der Waals surface area contributed by atoms with Crippen LogP contribution in [-0.4, -0.2) is 25.7 Å². The number of rotatable bonds is 6. The van der Waals surface area contributed by atoms with Gasteiger partial charge in [-0.25, -0.2) is 14.6 Å². The fraction of sp³-hybridized carbons (Fsp3) is 0.440. The molecule has 1 fully saturated rings. The zero-order valence-corrected chi connectivity index (χ0v) is 18.9. The summed E-state index contributed by atoms with van der Waals surface area (Å²) in [6, 6.07) is 12.4. The number of hydrogen-bond donors (Lipinski definition) is 1. The highest BCUT2D eigenvalue weighted by molar-refractivity contribution is 5.79. The second-order valence-corrected chi connectivity index (χ2v) is 8.69. The zero-order valence-electron chi connectivity index (χ0n) is 18.9. The Bertz CT molecular complexity index is 1050. The van der Waals surface area contributed by atoms with Gasteiger partial charge in [0.2, 0.25) is 5.91 Å². The van der Waals surface area contributed by atoms with Crippen molar-refractivity contribution in [2.24, 2.45) is 5.92 Å². The molecule has 31 heavy (non-hydrogen) atoms. The first kappa shape index (κ1) is 21.2. The van der Waals surface area contributed by atoms with Crippen LogP contribution in [0, 0.1) is 33.6 Å². The van der Waals surface area contributed by atoms with Gasteiger partial charge in [0.05, 0.1) is 18.2 Å². The predicted octanol–water partition coefficient (Wildman–Crippen LogP) is 4.49. The lowest BCUT2D eigenvalue weighted by molar-refractivity contribution is -0.121. The number of aryl methyl sites for hydroxylation is 3. The molecule has 0 bridgehead atoms. The average molecular weight is 418 g/mol. The Morgan fingerprint density at radius 3 is 2.35 bits per heavy atom. The van der Waals surface area contributed by atoms with Crippen molar-refractivity contribution in [2.75, 3.05) is 0 Å². The van der Waals surface area contributed by atoms with Crippen LogP contribution in [0.1, 0.15) is 65.6 Å². The standard InChI is InChI=1S/C25H31N5O/c1-16-14-17(2)27-25(26-16)30-19(4)22(18(3)29-30)15-23(31)28-24(21-12-8-9-13-21)20-10-6-5-7-11-20/h5-7,10-11,14,21,24H,8-9,12-13,15H2,1-4H3,(H,28,31). The maximum atomic E-state index is 13.1. The molecule has 6 heteroatoms. The number of nitrogens with zero attached hydrogens (tertiary/aromatic N) is 4. The lowest BCUT2D eigenvalue weighted by atomic mass is 9.91. The van der Waals surface area contributed by atoms with E-state index >= 15 is 0 Å². The van der Waals surface area contributed by atoms with Crippen LogP contribution in [0.5, 0.6) is 0 Å². The summed E-state index contributed by atoms with van der Waals surface area (Å²) >= 11 is 0. The van der Waals surface area contributed by atoms with E-state index in [1.807, 2.05) is 52.0 Å². The monoisotopic (exact) mass is 417 g/mol. The third-order valence-electron chi connectivity index (χ3n) is 6.28. The molecule has 0 aliphatic heterocycles. The molecule has 3 aromatic rings. The Kier molecular flexibility index (Phi) is 6.16. The van der Waals surface area contributed by atoms with E-state index in [1.54, 1.807) is 4.68 Å². The minimum atomic E-state index is 0.0350. The number of hydrogen-bond acceptors (Lipinski definition) is 4. The molecule has 0 saturated heterocycles. The first-order valence-electron chi connectivity index (χ1n) is 11.1. The summed E-state index contributed by atoms with van der Waals surface area (Å²) in [7, 11) is 0. The number of amides is 1. The normalized spacial score (nSPS) is 15.2. The first-order chi connectivity index (χ1) is 14.9. The van der Waals surface area contributed by atoms with Gasteiger partial charge in [0.25, 0.3) is 5.95 Å². The Hall–Kier alpha value is -3.02.